The number of anilines is 1. The van der Waals surface area contributed by atoms with Crippen molar-refractivity contribution in [2.75, 3.05) is 5.32 Å². The van der Waals surface area contributed by atoms with E-state index in [4.69, 9.17) is 9.47 Å². The van der Waals surface area contributed by atoms with Gasteiger partial charge in [0.15, 0.2) is 0 Å². The van der Waals surface area contributed by atoms with Crippen molar-refractivity contribution in [1.82, 2.24) is 4.98 Å². The van der Waals surface area contributed by atoms with Gasteiger partial charge in [0.1, 0.15) is 33.7 Å². The lowest BCUT2D eigenvalue weighted by Crippen LogP contribution is -2.11. The highest BCUT2D eigenvalue weighted by Gasteiger charge is 2.16. The molecule has 0 atom stereocenters. The molecule has 0 bridgehead atoms. The number of carbonyl (C=O) groups is 1. The van der Waals surface area contributed by atoms with Crippen molar-refractivity contribution in [3.63, 3.8) is 0 Å². The third kappa shape index (κ3) is 5.49. The van der Waals surface area contributed by atoms with Crippen LogP contribution >= 0.6 is 11.3 Å². The smallest absolute Gasteiger partial charge is 0.267 e. The predicted molar refractivity (Wildman–Crippen MR) is 123 cm³/mol. The molecule has 4 rings (SSSR count). The highest BCUT2D eigenvalue weighted by molar-refractivity contribution is 7.13. The second-order valence-electron chi connectivity index (χ2n) is 7.02. The number of hydrogen-bond acceptors (Lipinski definition) is 5. The number of aryl methyl sites for hydroxylation is 2. The zero-order valence-electron chi connectivity index (χ0n) is 17.3. The summed E-state index contributed by atoms with van der Waals surface area (Å²) < 4.78 is 11.6. The SMILES string of the molecule is Cc1ccc(OCc2nc(C)c(C(=O)Nc3ccc(Oc4ccccc4)cc3)s2)cc1. The minimum absolute atomic E-state index is 0.187. The van der Waals surface area contributed by atoms with Gasteiger partial charge in [-0.25, -0.2) is 4.98 Å². The molecule has 0 aliphatic rings. The molecule has 0 radical (unpaired) electrons. The van der Waals surface area contributed by atoms with Crippen molar-refractivity contribution in [2.45, 2.75) is 20.5 Å². The van der Waals surface area contributed by atoms with Crippen LogP contribution in [0.25, 0.3) is 0 Å². The minimum atomic E-state index is -0.187. The van der Waals surface area contributed by atoms with Crippen LogP contribution in [0, 0.1) is 13.8 Å². The summed E-state index contributed by atoms with van der Waals surface area (Å²) >= 11 is 1.34. The van der Waals surface area contributed by atoms with Crippen LogP contribution in [0.3, 0.4) is 0 Å². The Morgan fingerprint density at radius 1 is 0.871 bits per heavy atom. The Labute approximate surface area is 185 Å². The van der Waals surface area contributed by atoms with Crippen LogP contribution in [0.4, 0.5) is 5.69 Å². The van der Waals surface area contributed by atoms with E-state index in [0.29, 0.717) is 28.6 Å². The minimum Gasteiger partial charge on any atom is -0.486 e. The van der Waals surface area contributed by atoms with Gasteiger partial charge in [-0.2, -0.15) is 0 Å². The van der Waals surface area contributed by atoms with Gasteiger partial charge in [-0.1, -0.05) is 35.9 Å². The molecule has 5 nitrogen and oxygen atoms in total. The highest BCUT2D eigenvalue weighted by atomic mass is 32.1. The van der Waals surface area contributed by atoms with E-state index in [-0.39, 0.29) is 5.91 Å². The van der Waals surface area contributed by atoms with Crippen LogP contribution < -0.4 is 14.8 Å². The quantitative estimate of drug-likeness (QED) is 0.369. The summed E-state index contributed by atoms with van der Waals surface area (Å²) in [6, 6.07) is 24.7. The molecule has 31 heavy (non-hydrogen) atoms. The van der Waals surface area contributed by atoms with Crippen LogP contribution in [0.5, 0.6) is 17.2 Å². The summed E-state index contributed by atoms with van der Waals surface area (Å²) in [6.45, 7) is 4.19. The Morgan fingerprint density at radius 2 is 1.52 bits per heavy atom. The Balaban J connectivity index is 1.36. The van der Waals surface area contributed by atoms with Crippen LogP contribution in [0.2, 0.25) is 0 Å². The maximum atomic E-state index is 12.7. The fourth-order valence-electron chi connectivity index (χ4n) is 2.92. The second-order valence-corrected chi connectivity index (χ2v) is 8.10. The monoisotopic (exact) mass is 430 g/mol. The Morgan fingerprint density at radius 3 is 2.23 bits per heavy atom. The number of rotatable bonds is 7. The van der Waals surface area contributed by atoms with Crippen LogP contribution in [-0.4, -0.2) is 10.9 Å². The summed E-state index contributed by atoms with van der Waals surface area (Å²) in [5.74, 6) is 2.06. The Kier molecular flexibility index (Phi) is 6.29. The number of aromatic nitrogens is 1. The van der Waals surface area contributed by atoms with Crippen molar-refractivity contribution in [3.8, 4) is 17.2 Å². The molecule has 1 amide bonds. The molecule has 156 valence electrons. The fourth-order valence-corrected chi connectivity index (χ4v) is 3.80. The molecule has 0 spiro atoms. The number of amides is 1. The molecular formula is C25H22N2O3S. The number of nitrogens with one attached hydrogen (secondary N) is 1. The molecule has 0 fully saturated rings. The van der Waals surface area contributed by atoms with Crippen molar-refractivity contribution in [3.05, 3.63) is 100 Å². The molecule has 0 saturated carbocycles. The van der Waals surface area contributed by atoms with E-state index >= 15 is 0 Å². The molecule has 0 saturated heterocycles. The van der Waals surface area contributed by atoms with E-state index < -0.39 is 0 Å². The summed E-state index contributed by atoms with van der Waals surface area (Å²) in [6.07, 6.45) is 0. The van der Waals surface area contributed by atoms with Crippen LogP contribution in [0.15, 0.2) is 78.9 Å². The van der Waals surface area contributed by atoms with Crippen LogP contribution in [0.1, 0.15) is 25.9 Å². The van der Waals surface area contributed by atoms with Crippen molar-refractivity contribution < 1.29 is 14.3 Å². The number of ether oxygens (including phenoxy) is 2. The highest BCUT2D eigenvalue weighted by Crippen LogP contribution is 2.25. The third-order valence-corrected chi connectivity index (χ3v) is 5.65. The molecule has 0 aliphatic carbocycles. The molecule has 1 aromatic heterocycles. The number of carbonyl (C=O) groups excluding carboxylic acids is 1. The third-order valence-electron chi connectivity index (χ3n) is 4.52. The first-order chi connectivity index (χ1) is 15.1. The van der Waals surface area contributed by atoms with Gasteiger partial charge in [0.25, 0.3) is 5.91 Å². The van der Waals surface area contributed by atoms with Crippen molar-refractivity contribution in [2.24, 2.45) is 0 Å². The van der Waals surface area contributed by atoms with E-state index in [1.807, 2.05) is 92.7 Å². The van der Waals surface area contributed by atoms with Crippen molar-refractivity contribution >= 4 is 22.9 Å². The Hall–Kier alpha value is -3.64. The lowest BCUT2D eigenvalue weighted by Gasteiger charge is -2.07. The van der Waals surface area contributed by atoms with Gasteiger partial charge in [-0.15, -0.1) is 11.3 Å². The first kappa shape index (κ1) is 20.6. The number of thiazole rings is 1. The van der Waals surface area contributed by atoms with Gasteiger partial charge in [0.2, 0.25) is 0 Å². The lowest BCUT2D eigenvalue weighted by molar-refractivity contribution is 0.103. The molecule has 3 aromatic carbocycles. The molecule has 0 aliphatic heterocycles. The first-order valence-corrected chi connectivity index (χ1v) is 10.7. The van der Waals surface area contributed by atoms with E-state index in [1.54, 1.807) is 0 Å². The number of benzene rings is 3. The van der Waals surface area contributed by atoms with Crippen molar-refractivity contribution in [1.29, 1.82) is 0 Å². The normalized spacial score (nSPS) is 10.5. The summed E-state index contributed by atoms with van der Waals surface area (Å²) in [7, 11) is 0. The van der Waals surface area contributed by atoms with Gasteiger partial charge >= 0.3 is 0 Å². The topological polar surface area (TPSA) is 60.5 Å². The van der Waals surface area contributed by atoms with E-state index in [0.717, 1.165) is 16.5 Å². The zero-order valence-corrected chi connectivity index (χ0v) is 18.1. The Bertz CT molecular complexity index is 1150. The molecule has 0 unspecified atom stereocenters. The number of para-hydroxylation sites is 1. The number of nitrogens with zero attached hydrogens (tertiary/aromatic N) is 1. The first-order valence-electron chi connectivity index (χ1n) is 9.87. The molecule has 6 heteroatoms. The van der Waals surface area contributed by atoms with Gasteiger partial charge in [0, 0.05) is 5.69 Å². The molecule has 1 N–H and O–H groups in total. The summed E-state index contributed by atoms with van der Waals surface area (Å²) in [5, 5.41) is 3.68. The predicted octanol–water partition coefficient (Wildman–Crippen LogP) is 6.38. The fraction of sp³-hybridized carbons (Fsp3) is 0.120. The van der Waals surface area contributed by atoms with E-state index in [2.05, 4.69) is 10.3 Å². The molecular weight excluding hydrogens is 408 g/mol. The average Bonchev–Trinajstić information content (AvgIpc) is 3.16. The average molecular weight is 431 g/mol. The van der Waals surface area contributed by atoms with Gasteiger partial charge in [-0.3, -0.25) is 4.79 Å². The largest absolute Gasteiger partial charge is 0.486 e. The van der Waals surface area contributed by atoms with Crippen LogP contribution in [-0.2, 0) is 6.61 Å². The maximum absolute atomic E-state index is 12.7. The summed E-state index contributed by atoms with van der Waals surface area (Å²) in [4.78, 5) is 17.8. The molecule has 1 heterocycles. The lowest BCUT2D eigenvalue weighted by atomic mass is 10.2. The maximum Gasteiger partial charge on any atom is 0.267 e. The number of hydrogen-bond donors (Lipinski definition) is 1. The molecule has 4 aromatic rings. The van der Waals surface area contributed by atoms with Gasteiger partial charge < -0.3 is 14.8 Å². The van der Waals surface area contributed by atoms with Gasteiger partial charge in [0.05, 0.1) is 5.69 Å². The standard InChI is InChI=1S/C25H22N2O3S/c1-17-8-12-20(13-9-17)29-16-23-26-18(2)24(31-23)25(28)27-19-10-14-22(15-11-19)30-21-6-4-3-5-7-21/h3-15H,16H2,1-2H3,(H,27,28). The zero-order chi connectivity index (χ0) is 21.6. The van der Waals surface area contributed by atoms with Gasteiger partial charge in [-0.05, 0) is 62.4 Å². The van der Waals surface area contributed by atoms with E-state index in [1.165, 1.54) is 16.9 Å². The second kappa shape index (κ2) is 9.45. The van der Waals surface area contributed by atoms with E-state index in [9.17, 15) is 4.79 Å². The summed E-state index contributed by atoms with van der Waals surface area (Å²) in [5.41, 5.74) is 2.56.